The van der Waals surface area contributed by atoms with Crippen LogP contribution in [-0.4, -0.2) is 54.5 Å². The average Bonchev–Trinajstić information content (AvgIpc) is 2.93. The monoisotopic (exact) mass is 549 g/mol. The highest BCUT2D eigenvalue weighted by Crippen LogP contribution is 2.33. The van der Waals surface area contributed by atoms with Crippen LogP contribution in [0.25, 0.3) is 10.8 Å². The number of piperidine rings is 1. The third-order valence-electron chi connectivity index (χ3n) is 7.87. The molecule has 1 saturated heterocycles. The lowest BCUT2D eigenvalue weighted by atomic mass is 9.91. The molecule has 38 heavy (non-hydrogen) atoms. The van der Waals surface area contributed by atoms with Gasteiger partial charge in [0, 0.05) is 24.6 Å². The summed E-state index contributed by atoms with van der Waals surface area (Å²) < 4.78 is 6.16. The lowest BCUT2D eigenvalue weighted by molar-refractivity contribution is 0.0171. The van der Waals surface area contributed by atoms with Crippen LogP contribution in [0.1, 0.15) is 65.6 Å². The molecule has 0 N–H and O–H groups in total. The molecule has 0 radical (unpaired) electrons. The number of halogens is 2. The molecule has 0 aromatic heterocycles. The van der Waals surface area contributed by atoms with Crippen LogP contribution in [0.3, 0.4) is 0 Å². The Morgan fingerprint density at radius 3 is 2.63 bits per heavy atom. The number of amides is 1. The number of benzene rings is 3. The van der Waals surface area contributed by atoms with Crippen LogP contribution >= 0.6 is 23.2 Å². The molecule has 0 bridgehead atoms. The van der Waals surface area contributed by atoms with Gasteiger partial charge in [-0.25, -0.2) is 0 Å². The Morgan fingerprint density at radius 2 is 1.87 bits per heavy atom. The zero-order valence-electron chi connectivity index (χ0n) is 21.8. The van der Waals surface area contributed by atoms with Gasteiger partial charge in [0.25, 0.3) is 5.91 Å². The van der Waals surface area contributed by atoms with Gasteiger partial charge in [-0.3, -0.25) is 4.79 Å². The van der Waals surface area contributed by atoms with Gasteiger partial charge in [0.2, 0.25) is 0 Å². The molecule has 2 atom stereocenters. The fourth-order valence-corrected chi connectivity index (χ4v) is 6.10. The van der Waals surface area contributed by atoms with Crippen molar-refractivity contribution in [1.82, 2.24) is 9.80 Å². The number of carbonyl (C=O) groups excluding carboxylic acids is 1. The SMILES string of the molecule is C[C@@H]1CN(C[C@@H](CCN2CCCCC2)c2ccc(Cl)c(Cl)c2)C(=O)c2c(c(C#N)cc3ccccc23)CO1. The zero-order chi connectivity index (χ0) is 26.6. The van der Waals surface area contributed by atoms with E-state index in [9.17, 15) is 10.1 Å². The lowest BCUT2D eigenvalue weighted by Crippen LogP contribution is -2.42. The second-order valence-electron chi connectivity index (χ2n) is 10.5. The van der Waals surface area contributed by atoms with E-state index in [1.54, 1.807) is 0 Å². The molecule has 0 aliphatic carbocycles. The van der Waals surface area contributed by atoms with E-state index in [0.717, 1.165) is 42.4 Å². The van der Waals surface area contributed by atoms with E-state index >= 15 is 0 Å². The summed E-state index contributed by atoms with van der Waals surface area (Å²) in [5.41, 5.74) is 2.82. The number of nitriles is 1. The van der Waals surface area contributed by atoms with Crippen LogP contribution in [0.4, 0.5) is 0 Å². The summed E-state index contributed by atoms with van der Waals surface area (Å²) in [4.78, 5) is 18.8. The van der Waals surface area contributed by atoms with Crippen LogP contribution in [-0.2, 0) is 11.3 Å². The van der Waals surface area contributed by atoms with Crippen LogP contribution in [0.5, 0.6) is 0 Å². The number of carbonyl (C=O) groups is 1. The van der Waals surface area contributed by atoms with Crippen LogP contribution in [0.2, 0.25) is 10.0 Å². The molecule has 0 saturated carbocycles. The molecule has 7 heteroatoms. The highest BCUT2D eigenvalue weighted by atomic mass is 35.5. The maximum absolute atomic E-state index is 14.3. The molecule has 2 aliphatic rings. The summed E-state index contributed by atoms with van der Waals surface area (Å²) in [6.07, 6.45) is 4.51. The molecule has 3 aromatic carbocycles. The minimum absolute atomic E-state index is 0.0496. The lowest BCUT2D eigenvalue weighted by Gasteiger charge is -2.34. The molecule has 5 rings (SSSR count). The predicted molar refractivity (Wildman–Crippen MR) is 153 cm³/mol. The Kier molecular flexibility index (Phi) is 8.55. The van der Waals surface area contributed by atoms with E-state index in [0.29, 0.717) is 39.8 Å². The summed E-state index contributed by atoms with van der Waals surface area (Å²) in [6, 6.07) is 17.7. The second-order valence-corrected chi connectivity index (χ2v) is 11.3. The maximum atomic E-state index is 14.3. The van der Waals surface area contributed by atoms with Crippen molar-refractivity contribution in [3.05, 3.63) is 80.8 Å². The molecule has 198 valence electrons. The number of ether oxygens (including phenoxy) is 1. The van der Waals surface area contributed by atoms with Gasteiger partial charge in [-0.05, 0) is 80.4 Å². The molecule has 0 spiro atoms. The van der Waals surface area contributed by atoms with Crippen molar-refractivity contribution >= 4 is 39.9 Å². The van der Waals surface area contributed by atoms with Crippen LogP contribution in [0.15, 0.2) is 48.5 Å². The highest BCUT2D eigenvalue weighted by molar-refractivity contribution is 6.42. The standard InChI is InChI=1S/C31H33Cl2N3O2/c1-21-18-36(31(37)30-26-8-4-3-7-23(26)15-25(17-34)27(30)20-38-21)19-24(11-14-35-12-5-2-6-13-35)22-9-10-28(32)29(33)16-22/h3-4,7-10,15-16,21,24H,2,5-6,11-14,18-20H2,1H3/t21-,24-/m1/s1. The van der Waals surface area contributed by atoms with Gasteiger partial charge >= 0.3 is 0 Å². The Morgan fingerprint density at radius 1 is 1.08 bits per heavy atom. The first-order valence-electron chi connectivity index (χ1n) is 13.5. The maximum Gasteiger partial charge on any atom is 0.255 e. The van der Waals surface area contributed by atoms with E-state index in [4.69, 9.17) is 27.9 Å². The molecule has 1 fully saturated rings. The number of likely N-dealkylation sites (tertiary alicyclic amines) is 1. The summed E-state index contributed by atoms with van der Waals surface area (Å²) in [5, 5.41) is 12.7. The first-order chi connectivity index (χ1) is 18.4. The first kappa shape index (κ1) is 27.0. The van der Waals surface area contributed by atoms with Crippen LogP contribution in [0, 0.1) is 11.3 Å². The Bertz CT molecular complexity index is 1360. The molecular weight excluding hydrogens is 517 g/mol. The van der Waals surface area contributed by atoms with E-state index in [1.165, 1.54) is 19.3 Å². The number of hydrogen-bond donors (Lipinski definition) is 0. The minimum atomic E-state index is -0.165. The normalized spacial score (nSPS) is 19.5. The number of hydrogen-bond acceptors (Lipinski definition) is 4. The van der Waals surface area contributed by atoms with Crippen molar-refractivity contribution in [3.8, 4) is 6.07 Å². The average molecular weight is 551 g/mol. The fourth-order valence-electron chi connectivity index (χ4n) is 5.79. The topological polar surface area (TPSA) is 56.6 Å². The van der Waals surface area contributed by atoms with E-state index in [2.05, 4.69) is 11.0 Å². The van der Waals surface area contributed by atoms with E-state index < -0.39 is 0 Å². The van der Waals surface area contributed by atoms with Crippen molar-refractivity contribution in [2.75, 3.05) is 32.7 Å². The highest BCUT2D eigenvalue weighted by Gasteiger charge is 2.30. The minimum Gasteiger partial charge on any atom is -0.372 e. The molecule has 2 heterocycles. The smallest absolute Gasteiger partial charge is 0.255 e. The van der Waals surface area contributed by atoms with Crippen molar-refractivity contribution in [2.24, 2.45) is 0 Å². The van der Waals surface area contributed by atoms with Gasteiger partial charge < -0.3 is 14.5 Å². The largest absolute Gasteiger partial charge is 0.372 e. The second kappa shape index (κ2) is 12.1. The molecule has 2 aliphatic heterocycles. The molecule has 1 amide bonds. The van der Waals surface area contributed by atoms with E-state index in [1.807, 2.05) is 60.4 Å². The number of nitrogens with zero attached hydrogens (tertiary/aromatic N) is 3. The molecule has 0 unspecified atom stereocenters. The summed E-state index contributed by atoms with van der Waals surface area (Å²) >= 11 is 12.7. The van der Waals surface area contributed by atoms with Gasteiger partial charge in [0.1, 0.15) is 0 Å². The van der Waals surface area contributed by atoms with Crippen molar-refractivity contribution < 1.29 is 9.53 Å². The molecule has 3 aromatic rings. The van der Waals surface area contributed by atoms with Crippen molar-refractivity contribution in [2.45, 2.75) is 51.2 Å². The van der Waals surface area contributed by atoms with Gasteiger partial charge in [0.05, 0.1) is 40.0 Å². The van der Waals surface area contributed by atoms with E-state index in [-0.39, 0.29) is 24.5 Å². The van der Waals surface area contributed by atoms with Crippen LogP contribution < -0.4 is 0 Å². The Balaban J connectivity index is 1.52. The first-order valence-corrected chi connectivity index (χ1v) is 14.2. The molecular formula is C31H33Cl2N3O2. The summed E-state index contributed by atoms with van der Waals surface area (Å²) in [5.74, 6) is 0.0302. The van der Waals surface area contributed by atoms with Crippen molar-refractivity contribution in [3.63, 3.8) is 0 Å². The fraction of sp³-hybridized carbons (Fsp3) is 0.419. The molecule has 5 nitrogen and oxygen atoms in total. The quantitative estimate of drug-likeness (QED) is 0.331. The van der Waals surface area contributed by atoms with Gasteiger partial charge in [0.15, 0.2) is 0 Å². The third kappa shape index (κ3) is 5.84. The number of fused-ring (bicyclic) bond motifs is 3. The van der Waals surface area contributed by atoms with Gasteiger partial charge in [-0.15, -0.1) is 0 Å². The number of rotatable bonds is 6. The third-order valence-corrected chi connectivity index (χ3v) is 8.61. The van der Waals surface area contributed by atoms with Gasteiger partial charge in [-0.1, -0.05) is 60.0 Å². The Labute approximate surface area is 234 Å². The summed E-state index contributed by atoms with van der Waals surface area (Å²) in [7, 11) is 0. The van der Waals surface area contributed by atoms with Gasteiger partial charge in [-0.2, -0.15) is 5.26 Å². The summed E-state index contributed by atoms with van der Waals surface area (Å²) in [6.45, 7) is 6.45. The zero-order valence-corrected chi connectivity index (χ0v) is 23.3. The predicted octanol–water partition coefficient (Wildman–Crippen LogP) is 7.04. The van der Waals surface area contributed by atoms with Crippen molar-refractivity contribution in [1.29, 1.82) is 5.26 Å². The Hall–Kier alpha value is -2.62.